The van der Waals surface area contributed by atoms with Crippen molar-refractivity contribution in [2.75, 3.05) is 11.4 Å². The SMILES string of the molecule is CCN(Cc1cc2c(=O)[nH]c(C)nc2cc1C)c1ccc(C(=O)N(C(=O)CC[C@H](N)C(=O)O)[C@H](CCC(=O)O)C(=O)O)c(F)c1. The monoisotopic (exact) mass is 627 g/mol. The van der Waals surface area contributed by atoms with Crippen LogP contribution in [0.15, 0.2) is 35.1 Å². The fourth-order valence-corrected chi connectivity index (χ4v) is 4.79. The Bertz CT molecular complexity index is 1710. The van der Waals surface area contributed by atoms with Gasteiger partial charge in [0.1, 0.15) is 23.7 Å². The zero-order valence-corrected chi connectivity index (χ0v) is 24.9. The summed E-state index contributed by atoms with van der Waals surface area (Å²) in [5.74, 6) is -7.61. The number of aromatic nitrogens is 2. The molecule has 3 rings (SSSR count). The first kappa shape index (κ1) is 34.3. The highest BCUT2D eigenvalue weighted by Crippen LogP contribution is 2.25. The van der Waals surface area contributed by atoms with E-state index in [1.807, 2.05) is 13.8 Å². The molecule has 0 saturated heterocycles. The van der Waals surface area contributed by atoms with Gasteiger partial charge in [0.15, 0.2) is 0 Å². The maximum absolute atomic E-state index is 15.6. The number of carbonyl (C=O) groups is 5. The van der Waals surface area contributed by atoms with Crippen LogP contribution in [0.3, 0.4) is 0 Å². The molecule has 1 aromatic heterocycles. The molecule has 2 atom stereocenters. The number of aliphatic carboxylic acids is 3. The second kappa shape index (κ2) is 14.5. The van der Waals surface area contributed by atoms with Gasteiger partial charge in [-0.25, -0.2) is 14.2 Å². The number of nitrogens with zero attached hydrogens (tertiary/aromatic N) is 3. The van der Waals surface area contributed by atoms with Crippen molar-refractivity contribution in [1.29, 1.82) is 0 Å². The molecule has 0 bridgehead atoms. The van der Waals surface area contributed by atoms with Gasteiger partial charge in [-0.2, -0.15) is 0 Å². The fraction of sp³-hybridized carbons (Fsp3) is 0.367. The van der Waals surface area contributed by atoms with Gasteiger partial charge in [0.25, 0.3) is 11.5 Å². The molecule has 0 saturated carbocycles. The number of H-pyrrole nitrogens is 1. The minimum atomic E-state index is -1.97. The van der Waals surface area contributed by atoms with Gasteiger partial charge in [-0.3, -0.25) is 28.9 Å². The van der Waals surface area contributed by atoms with Crippen molar-refractivity contribution in [3.63, 3.8) is 0 Å². The lowest BCUT2D eigenvalue weighted by molar-refractivity contribution is -0.149. The summed E-state index contributed by atoms with van der Waals surface area (Å²) in [5.41, 5.74) is 6.96. The predicted molar refractivity (Wildman–Crippen MR) is 159 cm³/mol. The van der Waals surface area contributed by atoms with E-state index in [0.29, 0.717) is 29.0 Å². The van der Waals surface area contributed by atoms with Crippen LogP contribution in [0.25, 0.3) is 10.9 Å². The molecule has 6 N–H and O–H groups in total. The number of carboxylic acid groups (broad SMARTS) is 3. The number of nitrogens with two attached hydrogens (primary N) is 1. The number of amides is 2. The molecule has 240 valence electrons. The topological polar surface area (TPSA) is 224 Å². The van der Waals surface area contributed by atoms with Crippen LogP contribution in [0, 0.1) is 19.7 Å². The highest BCUT2D eigenvalue weighted by atomic mass is 19.1. The summed E-state index contributed by atoms with van der Waals surface area (Å²) in [7, 11) is 0. The zero-order chi connectivity index (χ0) is 33.6. The first-order valence-electron chi connectivity index (χ1n) is 14.0. The number of aryl methyl sites for hydroxylation is 2. The molecule has 3 aromatic rings. The van der Waals surface area contributed by atoms with Crippen LogP contribution in [-0.4, -0.2) is 78.5 Å². The molecule has 0 fully saturated rings. The summed E-state index contributed by atoms with van der Waals surface area (Å²) in [6.07, 6.45) is -2.50. The van der Waals surface area contributed by atoms with Crippen molar-refractivity contribution < 1.29 is 43.7 Å². The number of carboxylic acids is 3. The van der Waals surface area contributed by atoms with Crippen molar-refractivity contribution in [3.05, 3.63) is 69.0 Å². The number of nitrogens with one attached hydrogen (secondary N) is 1. The van der Waals surface area contributed by atoms with Gasteiger partial charge in [0.05, 0.1) is 16.5 Å². The predicted octanol–water partition coefficient (Wildman–Crippen LogP) is 2.18. The van der Waals surface area contributed by atoms with E-state index >= 15 is 4.39 Å². The third-order valence-electron chi connectivity index (χ3n) is 7.27. The molecule has 15 heteroatoms. The second-order valence-electron chi connectivity index (χ2n) is 10.5. The van der Waals surface area contributed by atoms with E-state index in [4.69, 9.17) is 15.9 Å². The molecule has 2 amide bonds. The van der Waals surface area contributed by atoms with E-state index in [9.17, 15) is 33.9 Å². The highest BCUT2D eigenvalue weighted by molar-refractivity contribution is 6.07. The molecule has 0 aliphatic heterocycles. The van der Waals surface area contributed by atoms with Crippen LogP contribution in [-0.2, 0) is 25.7 Å². The van der Waals surface area contributed by atoms with Crippen LogP contribution in [0.2, 0.25) is 0 Å². The van der Waals surface area contributed by atoms with E-state index in [1.54, 1.807) is 24.0 Å². The largest absolute Gasteiger partial charge is 0.481 e. The average Bonchev–Trinajstić information content (AvgIpc) is 2.96. The number of anilines is 1. The van der Waals surface area contributed by atoms with Gasteiger partial charge in [0.2, 0.25) is 5.91 Å². The second-order valence-corrected chi connectivity index (χ2v) is 10.5. The Kier molecular flexibility index (Phi) is 11.1. The number of imide groups is 1. The van der Waals surface area contributed by atoms with E-state index in [0.717, 1.165) is 23.3 Å². The molecule has 2 aromatic carbocycles. The minimum Gasteiger partial charge on any atom is -0.481 e. The summed E-state index contributed by atoms with van der Waals surface area (Å²) in [6, 6.07) is 3.56. The minimum absolute atomic E-state index is 0.251. The zero-order valence-electron chi connectivity index (χ0n) is 24.9. The third kappa shape index (κ3) is 8.26. The Balaban J connectivity index is 1.96. The quantitative estimate of drug-likeness (QED) is 0.173. The molecule has 0 radical (unpaired) electrons. The summed E-state index contributed by atoms with van der Waals surface area (Å²) >= 11 is 0. The Labute approximate surface area is 256 Å². The lowest BCUT2D eigenvalue weighted by atomic mass is 10.0. The molecule has 14 nitrogen and oxygen atoms in total. The lowest BCUT2D eigenvalue weighted by Gasteiger charge is -2.28. The van der Waals surface area contributed by atoms with Gasteiger partial charge in [-0.1, -0.05) is 0 Å². The highest BCUT2D eigenvalue weighted by Gasteiger charge is 2.37. The van der Waals surface area contributed by atoms with Gasteiger partial charge in [0, 0.05) is 31.6 Å². The average molecular weight is 628 g/mol. The van der Waals surface area contributed by atoms with Gasteiger partial charge in [-0.05, 0) is 75.1 Å². The van der Waals surface area contributed by atoms with E-state index in [2.05, 4.69) is 9.97 Å². The number of benzene rings is 2. The number of carbonyl (C=O) groups excluding carboxylic acids is 2. The molecule has 0 unspecified atom stereocenters. The Morgan fingerprint density at radius 1 is 1.00 bits per heavy atom. The summed E-state index contributed by atoms with van der Waals surface area (Å²) in [5, 5.41) is 28.2. The lowest BCUT2D eigenvalue weighted by Crippen LogP contribution is -2.49. The molecule has 0 aliphatic carbocycles. The standard InChI is InChI=1S/C30H34FN5O9/c1-4-35(14-17-12-20-23(11-15(17)2)33-16(3)34-27(20)40)18-5-6-19(21(31)13-18)28(41)36(24(30(44)45)8-10-26(38)39)25(37)9-7-22(32)29(42)43/h5-6,11-13,22,24H,4,7-10,14,32H2,1-3H3,(H,38,39)(H,42,43)(H,44,45)(H,33,34,40)/t22-,24+/m0/s1. The van der Waals surface area contributed by atoms with Crippen LogP contribution < -0.4 is 16.2 Å². The van der Waals surface area contributed by atoms with Crippen LogP contribution in [0.5, 0.6) is 0 Å². The Hall–Kier alpha value is -5.18. The number of hydrogen-bond acceptors (Lipinski definition) is 9. The third-order valence-corrected chi connectivity index (χ3v) is 7.27. The van der Waals surface area contributed by atoms with Crippen molar-refractivity contribution in [2.24, 2.45) is 5.73 Å². The number of hydrogen-bond donors (Lipinski definition) is 5. The number of halogens is 1. The summed E-state index contributed by atoms with van der Waals surface area (Å²) < 4.78 is 15.6. The normalized spacial score (nSPS) is 12.4. The van der Waals surface area contributed by atoms with E-state index in [1.165, 1.54) is 6.07 Å². The molecule has 0 aliphatic rings. The molecule has 45 heavy (non-hydrogen) atoms. The molecule has 0 spiro atoms. The van der Waals surface area contributed by atoms with Crippen LogP contribution >= 0.6 is 0 Å². The Morgan fingerprint density at radius 3 is 2.27 bits per heavy atom. The fourth-order valence-electron chi connectivity index (χ4n) is 4.79. The molecular weight excluding hydrogens is 593 g/mol. The van der Waals surface area contributed by atoms with E-state index < -0.39 is 78.9 Å². The Morgan fingerprint density at radius 2 is 1.69 bits per heavy atom. The van der Waals surface area contributed by atoms with Crippen molar-refractivity contribution >= 4 is 46.3 Å². The summed E-state index contributed by atoms with van der Waals surface area (Å²) in [4.78, 5) is 82.3. The van der Waals surface area contributed by atoms with Crippen molar-refractivity contribution in [1.82, 2.24) is 14.9 Å². The maximum atomic E-state index is 15.6. The smallest absolute Gasteiger partial charge is 0.326 e. The first-order valence-corrected chi connectivity index (χ1v) is 14.0. The van der Waals surface area contributed by atoms with Gasteiger partial charge >= 0.3 is 17.9 Å². The van der Waals surface area contributed by atoms with Crippen molar-refractivity contribution in [2.45, 2.75) is 65.1 Å². The summed E-state index contributed by atoms with van der Waals surface area (Å²) in [6.45, 7) is 5.97. The van der Waals surface area contributed by atoms with Crippen LogP contribution in [0.4, 0.5) is 10.1 Å². The van der Waals surface area contributed by atoms with Gasteiger partial charge in [-0.15, -0.1) is 0 Å². The first-order chi connectivity index (χ1) is 21.1. The molecule has 1 heterocycles. The number of aromatic amines is 1. The molecular formula is C30H34FN5O9. The van der Waals surface area contributed by atoms with E-state index in [-0.39, 0.29) is 17.0 Å². The maximum Gasteiger partial charge on any atom is 0.326 e. The van der Waals surface area contributed by atoms with Gasteiger partial charge < -0.3 is 30.9 Å². The van der Waals surface area contributed by atoms with Crippen molar-refractivity contribution in [3.8, 4) is 0 Å². The number of fused-ring (bicyclic) bond motifs is 1. The van der Waals surface area contributed by atoms with Crippen LogP contribution in [0.1, 0.15) is 59.9 Å². The number of rotatable bonds is 14.